The molecule has 1 aromatic carbocycles. The molecule has 0 aliphatic heterocycles. The number of carbonyl (C=O) groups is 1. The van der Waals surface area contributed by atoms with E-state index in [0.717, 1.165) is 0 Å². The molecule has 0 aliphatic rings. The number of hydrogen-bond donors (Lipinski definition) is 1. The fourth-order valence-electron chi connectivity index (χ4n) is 1.03. The van der Waals surface area contributed by atoms with E-state index in [1.54, 1.807) is 0 Å². The molecule has 0 aromatic heterocycles. The molecule has 0 fully saturated rings. The topological polar surface area (TPSA) is 161 Å². The van der Waals surface area contributed by atoms with Crippen molar-refractivity contribution < 1.29 is 70.6 Å². The third-order valence-electron chi connectivity index (χ3n) is 1.76. The van der Waals surface area contributed by atoms with E-state index < -0.39 is 42.9 Å². The first-order valence-corrected chi connectivity index (χ1v) is 5.24. The van der Waals surface area contributed by atoms with Gasteiger partial charge in [-0.3, -0.25) is 10.1 Å². The molecule has 1 rings (SSSR count). The number of hydrogen-bond acceptors (Lipinski definition) is 7. The Morgan fingerprint density at radius 3 is 2.05 bits per heavy atom. The third-order valence-corrected chi connectivity index (χ3v) is 2.57. The van der Waals surface area contributed by atoms with Crippen LogP contribution in [0.15, 0.2) is 17.0 Å². The van der Waals surface area contributed by atoms with Crippen LogP contribution in [0.4, 0.5) is 5.69 Å². The molecule has 0 amide bonds. The van der Waals surface area contributed by atoms with Crippen molar-refractivity contribution in [2.24, 2.45) is 0 Å². The van der Waals surface area contributed by atoms with Gasteiger partial charge in [-0.05, 0) is 11.8 Å². The summed E-state index contributed by atoms with van der Waals surface area (Å²) in [7, 11) is -5.09. The van der Waals surface area contributed by atoms with E-state index in [4.69, 9.17) is 5.11 Å². The Morgan fingerprint density at radius 2 is 1.74 bits per heavy atom. The van der Waals surface area contributed by atoms with Crippen molar-refractivity contribution >= 4 is 21.8 Å². The van der Waals surface area contributed by atoms with Gasteiger partial charge in [0.25, 0.3) is 5.69 Å². The number of aromatic carboxylic acids is 1. The van der Waals surface area contributed by atoms with Gasteiger partial charge in [0.05, 0.1) is 15.4 Å². The van der Waals surface area contributed by atoms with E-state index in [2.05, 4.69) is 0 Å². The summed E-state index contributed by atoms with van der Waals surface area (Å²) in [6.45, 7) is 0. The van der Waals surface area contributed by atoms with Crippen molar-refractivity contribution in [3.8, 4) is 5.75 Å². The number of rotatable bonds is 3. The predicted molar refractivity (Wildman–Crippen MR) is 47.5 cm³/mol. The minimum atomic E-state index is -5.09. The number of carboxylic acids is 1. The average Bonchev–Trinajstić information content (AvgIpc) is 2.14. The van der Waals surface area contributed by atoms with Gasteiger partial charge in [-0.15, -0.1) is 0 Å². The number of carboxylic acid groups (broad SMARTS) is 1. The SMILES string of the molecule is O=C(O)c1cc(S(=O)(=O)[O-])cc([N+](=O)[O-])c1[O-].[Li+].[Li+]. The number of nitro benzene ring substituents is 1. The first-order valence-electron chi connectivity index (χ1n) is 3.83. The van der Waals surface area contributed by atoms with E-state index in [-0.39, 0.29) is 43.8 Å². The first kappa shape index (κ1) is 20.3. The van der Waals surface area contributed by atoms with Gasteiger partial charge >= 0.3 is 43.7 Å². The van der Waals surface area contributed by atoms with E-state index in [1.165, 1.54) is 0 Å². The van der Waals surface area contributed by atoms with Crippen molar-refractivity contribution in [2.45, 2.75) is 4.90 Å². The molecule has 0 heterocycles. The Balaban J connectivity index is 0. The molecule has 92 valence electrons. The van der Waals surface area contributed by atoms with E-state index >= 15 is 0 Å². The van der Waals surface area contributed by atoms with Gasteiger partial charge in [0.2, 0.25) is 0 Å². The third kappa shape index (κ3) is 4.55. The summed E-state index contributed by atoms with van der Waals surface area (Å²) in [4.78, 5) is 18.5. The molecule has 0 aliphatic carbocycles. The van der Waals surface area contributed by atoms with Gasteiger partial charge in [-0.2, -0.15) is 0 Å². The zero-order valence-corrected chi connectivity index (χ0v) is 10.6. The maximum absolute atomic E-state index is 11.2. The molecule has 0 saturated carbocycles. The van der Waals surface area contributed by atoms with Crippen LogP contribution in [0.3, 0.4) is 0 Å². The van der Waals surface area contributed by atoms with Crippen LogP contribution in [0, 0.1) is 10.1 Å². The Kier molecular flexibility index (Phi) is 7.44. The Morgan fingerprint density at radius 1 is 1.26 bits per heavy atom. The van der Waals surface area contributed by atoms with Crippen LogP contribution < -0.4 is 42.8 Å². The Hall–Kier alpha value is -1.01. The molecular formula is C7H3Li2NO8S. The van der Waals surface area contributed by atoms with Crippen LogP contribution >= 0.6 is 0 Å². The fourth-order valence-corrected chi connectivity index (χ4v) is 1.54. The molecule has 0 saturated heterocycles. The second kappa shape index (κ2) is 6.96. The van der Waals surface area contributed by atoms with Crippen LogP contribution in [-0.4, -0.2) is 29.0 Å². The standard InChI is InChI=1S/C7H5NO8S.2Li/c9-6-4(7(10)11)1-3(17(14,15)16)2-5(6)8(12)13;;/h1-2,9H,(H,10,11)(H,14,15,16);;/q;2*+1/p-2. The largest absolute Gasteiger partial charge is 1.00 e. The van der Waals surface area contributed by atoms with Crippen LogP contribution in [0.25, 0.3) is 0 Å². The maximum atomic E-state index is 11.2. The van der Waals surface area contributed by atoms with Crippen molar-refractivity contribution in [1.29, 1.82) is 0 Å². The van der Waals surface area contributed by atoms with E-state index in [1.807, 2.05) is 0 Å². The minimum absolute atomic E-state index is 0. The molecule has 1 N–H and O–H groups in total. The molecule has 0 atom stereocenters. The Bertz CT molecular complexity index is 579. The van der Waals surface area contributed by atoms with Gasteiger partial charge in [-0.1, -0.05) is 0 Å². The zero-order valence-electron chi connectivity index (χ0n) is 9.82. The normalized spacial score (nSPS) is 9.95. The van der Waals surface area contributed by atoms with Crippen LogP contribution in [-0.2, 0) is 10.1 Å². The second-order valence-electron chi connectivity index (χ2n) is 2.84. The summed E-state index contributed by atoms with van der Waals surface area (Å²) in [6.07, 6.45) is 0. The predicted octanol–water partition coefficient (Wildman–Crippen LogP) is -6.72. The number of nitrogens with zero attached hydrogens (tertiary/aromatic N) is 1. The van der Waals surface area contributed by atoms with Crippen molar-refractivity contribution in [2.75, 3.05) is 0 Å². The van der Waals surface area contributed by atoms with Crippen LogP contribution in [0.5, 0.6) is 5.75 Å². The summed E-state index contributed by atoms with van der Waals surface area (Å²) >= 11 is 0. The van der Waals surface area contributed by atoms with Crippen LogP contribution in [0.2, 0.25) is 0 Å². The van der Waals surface area contributed by atoms with Crippen LogP contribution in [0.1, 0.15) is 10.4 Å². The molecule has 0 radical (unpaired) electrons. The first-order chi connectivity index (χ1) is 7.64. The summed E-state index contributed by atoms with van der Waals surface area (Å²) in [5, 5.41) is 30.1. The quantitative estimate of drug-likeness (QED) is 0.246. The fraction of sp³-hybridized carbons (Fsp3) is 0. The molecule has 0 spiro atoms. The van der Waals surface area contributed by atoms with E-state index in [9.17, 15) is 33.0 Å². The maximum Gasteiger partial charge on any atom is 1.00 e. The molecule has 0 unspecified atom stereocenters. The minimum Gasteiger partial charge on any atom is -0.867 e. The summed E-state index contributed by atoms with van der Waals surface area (Å²) < 4.78 is 31.9. The summed E-state index contributed by atoms with van der Waals surface area (Å²) in [5.41, 5.74) is -2.42. The zero-order chi connectivity index (χ0) is 13.4. The molecule has 1 aromatic rings. The van der Waals surface area contributed by atoms with Crippen molar-refractivity contribution in [3.63, 3.8) is 0 Å². The van der Waals surface area contributed by atoms with Crippen molar-refractivity contribution in [3.05, 3.63) is 27.8 Å². The van der Waals surface area contributed by atoms with Gasteiger partial charge < -0.3 is 14.8 Å². The Labute approximate surface area is 130 Å². The summed E-state index contributed by atoms with van der Waals surface area (Å²) in [6, 6.07) is 0.525. The van der Waals surface area contributed by atoms with Gasteiger partial charge in [0, 0.05) is 6.07 Å². The summed E-state index contributed by atoms with van der Waals surface area (Å²) in [5.74, 6) is -3.32. The number of nitro groups is 1. The van der Waals surface area contributed by atoms with Crippen molar-refractivity contribution in [1.82, 2.24) is 0 Å². The molecule has 19 heavy (non-hydrogen) atoms. The molecular weight excluding hydrogens is 272 g/mol. The smallest absolute Gasteiger partial charge is 0.867 e. The number of benzene rings is 1. The monoisotopic (exact) mass is 275 g/mol. The molecule has 9 nitrogen and oxygen atoms in total. The molecule has 12 heteroatoms. The van der Waals surface area contributed by atoms with Gasteiger partial charge in [0.1, 0.15) is 10.1 Å². The van der Waals surface area contributed by atoms with Gasteiger partial charge in [-0.25, -0.2) is 13.2 Å². The second-order valence-corrected chi connectivity index (χ2v) is 4.22. The molecule has 0 bridgehead atoms. The van der Waals surface area contributed by atoms with Gasteiger partial charge in [0.15, 0.2) is 0 Å². The average molecular weight is 275 g/mol. The van der Waals surface area contributed by atoms with E-state index in [0.29, 0.717) is 6.07 Å².